The summed E-state index contributed by atoms with van der Waals surface area (Å²) in [4.78, 5) is 11.2. The molecule has 10 heteroatoms. The van der Waals surface area contributed by atoms with Gasteiger partial charge in [-0.15, -0.1) is 11.8 Å². The van der Waals surface area contributed by atoms with Crippen molar-refractivity contribution in [1.82, 2.24) is 14.1 Å². The van der Waals surface area contributed by atoms with Crippen LogP contribution in [0, 0.1) is 0 Å². The Morgan fingerprint density at radius 1 is 1.63 bits per heavy atom. The van der Waals surface area contributed by atoms with Gasteiger partial charge in [-0.3, -0.25) is 9.48 Å². The molecular formula is C9H12ClN3O4S2. The molecule has 2 atom stereocenters. The summed E-state index contributed by atoms with van der Waals surface area (Å²) < 4.78 is 27.2. The Hall–Kier alpha value is -0.770. The van der Waals surface area contributed by atoms with Crippen LogP contribution < -0.4 is 0 Å². The van der Waals surface area contributed by atoms with E-state index < -0.39 is 27.4 Å². The van der Waals surface area contributed by atoms with Crippen LogP contribution in [0.25, 0.3) is 0 Å². The highest BCUT2D eigenvalue weighted by Crippen LogP contribution is 2.35. The van der Waals surface area contributed by atoms with E-state index in [0.717, 1.165) is 8.99 Å². The number of rotatable bonds is 3. The lowest BCUT2D eigenvalue weighted by molar-refractivity contribution is -0.140. The summed E-state index contributed by atoms with van der Waals surface area (Å²) in [6, 6.07) is -1.09. The van der Waals surface area contributed by atoms with E-state index in [2.05, 4.69) is 5.10 Å². The van der Waals surface area contributed by atoms with Crippen molar-refractivity contribution in [2.24, 2.45) is 7.05 Å². The molecule has 1 aliphatic heterocycles. The normalized spacial score (nSPS) is 24.8. The number of nitrogens with zero attached hydrogens (tertiary/aromatic N) is 3. The Labute approximate surface area is 119 Å². The van der Waals surface area contributed by atoms with E-state index in [4.69, 9.17) is 16.7 Å². The van der Waals surface area contributed by atoms with Crippen LogP contribution in [0.5, 0.6) is 0 Å². The van der Waals surface area contributed by atoms with Crippen LogP contribution in [0.1, 0.15) is 6.92 Å². The van der Waals surface area contributed by atoms with Crippen LogP contribution in [-0.2, 0) is 21.9 Å². The summed E-state index contributed by atoms with van der Waals surface area (Å²) in [5.74, 6) is -0.954. The third-order valence-corrected chi connectivity index (χ3v) is 6.65. The van der Waals surface area contributed by atoms with Crippen LogP contribution >= 0.6 is 23.4 Å². The highest BCUT2D eigenvalue weighted by atomic mass is 35.5. The van der Waals surface area contributed by atoms with Gasteiger partial charge >= 0.3 is 5.97 Å². The zero-order valence-corrected chi connectivity index (χ0v) is 12.5. The van der Waals surface area contributed by atoms with Gasteiger partial charge < -0.3 is 5.11 Å². The van der Waals surface area contributed by atoms with E-state index in [0.29, 0.717) is 0 Å². The van der Waals surface area contributed by atoms with E-state index in [9.17, 15) is 13.2 Å². The number of hydrogen-bond acceptors (Lipinski definition) is 5. The second-order valence-electron chi connectivity index (χ2n) is 4.04. The quantitative estimate of drug-likeness (QED) is 0.875. The Balaban J connectivity index is 2.53. The molecule has 0 saturated carbocycles. The molecule has 2 unspecified atom stereocenters. The summed E-state index contributed by atoms with van der Waals surface area (Å²) in [6.45, 7) is 1.65. The van der Waals surface area contributed by atoms with Crippen molar-refractivity contribution in [3.05, 3.63) is 11.2 Å². The molecule has 1 aromatic rings. The lowest BCUT2D eigenvalue weighted by Gasteiger charge is -2.24. The molecular weight excluding hydrogens is 314 g/mol. The highest BCUT2D eigenvalue weighted by molar-refractivity contribution is 8.01. The van der Waals surface area contributed by atoms with Crippen molar-refractivity contribution in [3.63, 3.8) is 0 Å². The molecule has 0 aromatic carbocycles. The number of aryl methyl sites for hydroxylation is 1. The molecule has 0 spiro atoms. The number of sulfonamides is 1. The van der Waals surface area contributed by atoms with Crippen molar-refractivity contribution >= 4 is 39.4 Å². The molecule has 0 aliphatic carbocycles. The monoisotopic (exact) mass is 325 g/mol. The molecule has 0 radical (unpaired) electrons. The smallest absolute Gasteiger partial charge is 0.322 e. The minimum absolute atomic E-state index is 0.0178. The maximum Gasteiger partial charge on any atom is 0.322 e. The minimum atomic E-state index is -4.00. The van der Waals surface area contributed by atoms with Gasteiger partial charge in [-0.1, -0.05) is 11.6 Å². The topological polar surface area (TPSA) is 92.5 Å². The van der Waals surface area contributed by atoms with Crippen LogP contribution in [0.3, 0.4) is 0 Å². The Morgan fingerprint density at radius 2 is 2.26 bits per heavy atom. The zero-order chi connectivity index (χ0) is 14.4. The Morgan fingerprint density at radius 3 is 2.74 bits per heavy atom. The fourth-order valence-electron chi connectivity index (χ4n) is 1.96. The fourth-order valence-corrected chi connectivity index (χ4v) is 5.87. The first-order valence-corrected chi connectivity index (χ1v) is 8.19. The number of carboxylic acid groups (broad SMARTS) is 1. The molecule has 2 rings (SSSR count). The van der Waals surface area contributed by atoms with Crippen LogP contribution in [0.2, 0.25) is 5.02 Å². The molecule has 1 N–H and O–H groups in total. The highest BCUT2D eigenvalue weighted by Gasteiger charge is 2.46. The van der Waals surface area contributed by atoms with Crippen molar-refractivity contribution in [3.8, 4) is 0 Å². The molecule has 1 aliphatic rings. The standard InChI is InChI=1S/C9H12ClN3O4S2/c1-5-13(7(4-18-5)9(14)15)19(16,17)8-6(10)3-11-12(8)2/h3,5,7H,4H2,1-2H3,(H,14,15). The second kappa shape index (κ2) is 4.97. The summed E-state index contributed by atoms with van der Waals surface area (Å²) >= 11 is 7.11. The van der Waals surface area contributed by atoms with Crippen LogP contribution in [0.4, 0.5) is 0 Å². The molecule has 0 bridgehead atoms. The van der Waals surface area contributed by atoms with Crippen molar-refractivity contribution in [1.29, 1.82) is 0 Å². The molecule has 1 aromatic heterocycles. The van der Waals surface area contributed by atoms with Gasteiger partial charge in [0, 0.05) is 12.8 Å². The van der Waals surface area contributed by atoms with E-state index in [1.165, 1.54) is 25.0 Å². The summed E-state index contributed by atoms with van der Waals surface area (Å²) in [6.07, 6.45) is 1.22. The SMILES string of the molecule is CC1SCC(C(=O)O)N1S(=O)(=O)c1c(Cl)cnn1C. The van der Waals surface area contributed by atoms with Gasteiger partial charge in [0.2, 0.25) is 0 Å². The van der Waals surface area contributed by atoms with Crippen LogP contribution in [-0.4, -0.2) is 50.7 Å². The average Bonchev–Trinajstić information content (AvgIpc) is 2.83. The van der Waals surface area contributed by atoms with Gasteiger partial charge in [0.05, 0.1) is 16.6 Å². The van der Waals surface area contributed by atoms with Crippen molar-refractivity contribution < 1.29 is 18.3 Å². The molecule has 1 saturated heterocycles. The largest absolute Gasteiger partial charge is 0.480 e. The van der Waals surface area contributed by atoms with Crippen molar-refractivity contribution in [2.75, 3.05) is 5.75 Å². The van der Waals surface area contributed by atoms with Gasteiger partial charge in [-0.2, -0.15) is 9.40 Å². The molecule has 19 heavy (non-hydrogen) atoms. The van der Waals surface area contributed by atoms with Crippen molar-refractivity contribution in [2.45, 2.75) is 23.4 Å². The lowest BCUT2D eigenvalue weighted by Crippen LogP contribution is -2.45. The predicted octanol–water partition coefficient (Wildman–Crippen LogP) is 0.610. The third-order valence-electron chi connectivity index (χ3n) is 2.81. The van der Waals surface area contributed by atoms with E-state index in [1.807, 2.05) is 0 Å². The average molecular weight is 326 g/mol. The Kier molecular flexibility index (Phi) is 3.83. The van der Waals surface area contributed by atoms with Crippen LogP contribution in [0.15, 0.2) is 11.2 Å². The predicted molar refractivity (Wildman–Crippen MR) is 70.6 cm³/mol. The first kappa shape index (κ1) is 14.6. The third kappa shape index (κ3) is 2.35. The summed E-state index contributed by atoms with van der Waals surface area (Å²) in [5.41, 5.74) is 0. The zero-order valence-electron chi connectivity index (χ0n) is 10.1. The maximum atomic E-state index is 12.6. The number of aliphatic carboxylic acids is 1. The van der Waals surface area contributed by atoms with E-state index >= 15 is 0 Å². The molecule has 1 fully saturated rings. The first-order valence-electron chi connectivity index (χ1n) is 5.32. The Bertz CT molecular complexity index is 595. The number of thioether (sulfide) groups is 1. The minimum Gasteiger partial charge on any atom is -0.480 e. The second-order valence-corrected chi connectivity index (χ2v) is 7.56. The van der Waals surface area contributed by atoms with Gasteiger partial charge in [-0.25, -0.2) is 8.42 Å². The number of hydrogen-bond donors (Lipinski definition) is 1. The summed E-state index contributed by atoms with van der Waals surface area (Å²) in [7, 11) is -2.55. The molecule has 106 valence electrons. The molecule has 2 heterocycles. The number of carboxylic acids is 1. The maximum absolute atomic E-state index is 12.6. The lowest BCUT2D eigenvalue weighted by atomic mass is 10.3. The molecule has 7 nitrogen and oxygen atoms in total. The number of halogens is 1. The van der Waals surface area contributed by atoms with E-state index in [1.54, 1.807) is 6.92 Å². The van der Waals surface area contributed by atoms with Gasteiger partial charge in [-0.05, 0) is 6.92 Å². The number of aromatic nitrogens is 2. The first-order chi connectivity index (χ1) is 8.76. The molecule has 0 amide bonds. The fraction of sp³-hybridized carbons (Fsp3) is 0.556. The number of carbonyl (C=O) groups is 1. The van der Waals surface area contributed by atoms with Gasteiger partial charge in [0.15, 0.2) is 5.03 Å². The summed E-state index contributed by atoms with van der Waals surface area (Å²) in [5, 5.41) is 12.2. The van der Waals surface area contributed by atoms with Gasteiger partial charge in [0.25, 0.3) is 10.0 Å². The van der Waals surface area contributed by atoms with Gasteiger partial charge in [0.1, 0.15) is 6.04 Å². The van der Waals surface area contributed by atoms with E-state index in [-0.39, 0.29) is 15.8 Å².